The van der Waals surface area contributed by atoms with Crippen LogP contribution in [0.3, 0.4) is 0 Å². The first-order valence-corrected chi connectivity index (χ1v) is 7.40. The summed E-state index contributed by atoms with van der Waals surface area (Å²) in [5.41, 5.74) is 1.31. The highest BCUT2D eigenvalue weighted by molar-refractivity contribution is 6.36. The van der Waals surface area contributed by atoms with E-state index in [0.29, 0.717) is 11.9 Å². The van der Waals surface area contributed by atoms with E-state index in [1.54, 1.807) is 0 Å². The van der Waals surface area contributed by atoms with Gasteiger partial charge >= 0.3 is 0 Å². The van der Waals surface area contributed by atoms with Gasteiger partial charge in [-0.15, -0.1) is 0 Å². The third kappa shape index (κ3) is 5.27. The van der Waals surface area contributed by atoms with Crippen LogP contribution in [-0.2, 0) is 4.74 Å². The van der Waals surface area contributed by atoms with Gasteiger partial charge in [0.1, 0.15) is 7.28 Å². The Balaban J connectivity index is 2.06. The van der Waals surface area contributed by atoms with E-state index in [4.69, 9.17) is 4.74 Å². The van der Waals surface area contributed by atoms with Crippen LogP contribution in [0.5, 0.6) is 0 Å². The molecular weight excluding hydrogens is 233 g/mol. The van der Waals surface area contributed by atoms with Crippen LogP contribution in [-0.4, -0.2) is 38.0 Å². The smallest absolute Gasteiger partial charge is 0.115 e. The fourth-order valence-corrected chi connectivity index (χ4v) is 2.12. The molecule has 0 bridgehead atoms. The molecule has 0 aromatic heterocycles. The Morgan fingerprint density at radius 3 is 2.74 bits per heavy atom. The fraction of sp³-hybridized carbons (Fsp3) is 0.625. The molecule has 0 aromatic rings. The van der Waals surface area contributed by atoms with E-state index in [-0.39, 0.29) is 0 Å². The van der Waals surface area contributed by atoms with Crippen molar-refractivity contribution >= 4 is 7.28 Å². The number of allylic oxidation sites excluding steroid dienone is 4. The molecule has 3 heteroatoms. The molecule has 1 heterocycles. The van der Waals surface area contributed by atoms with Crippen molar-refractivity contribution in [1.82, 2.24) is 4.90 Å². The molecule has 2 aliphatic rings. The standard InChI is InChI=1S/C16H25BNO/c1-4-5-6-15(9-13(2)17-3)18(10-14-7-8-14)11-16-12-19-16/h4-6,9,13-14,16H,1,7-8,10-12H2,2-3H3/b6-5-,15-9+. The van der Waals surface area contributed by atoms with Crippen LogP contribution in [0.2, 0.25) is 12.6 Å². The lowest BCUT2D eigenvalue weighted by Gasteiger charge is -2.26. The minimum atomic E-state index is 0.445. The molecule has 0 spiro atoms. The number of hydrogen-bond acceptors (Lipinski definition) is 2. The van der Waals surface area contributed by atoms with Crippen molar-refractivity contribution in [2.45, 2.75) is 38.5 Å². The third-order valence-electron chi connectivity index (χ3n) is 3.73. The first-order valence-electron chi connectivity index (χ1n) is 7.40. The van der Waals surface area contributed by atoms with Gasteiger partial charge in [-0.25, -0.2) is 0 Å². The van der Waals surface area contributed by atoms with Gasteiger partial charge in [0.2, 0.25) is 0 Å². The van der Waals surface area contributed by atoms with E-state index >= 15 is 0 Å². The van der Waals surface area contributed by atoms with Crippen LogP contribution in [0.25, 0.3) is 0 Å². The maximum Gasteiger partial charge on any atom is 0.115 e. The summed E-state index contributed by atoms with van der Waals surface area (Å²) in [6, 6.07) is 0. The molecule has 2 atom stereocenters. The summed E-state index contributed by atoms with van der Waals surface area (Å²) in [6.07, 6.45) is 11.6. The molecule has 19 heavy (non-hydrogen) atoms. The Kier molecular flexibility index (Phi) is 5.32. The fourth-order valence-electron chi connectivity index (χ4n) is 2.12. The molecule has 1 aliphatic carbocycles. The van der Waals surface area contributed by atoms with Crippen LogP contribution < -0.4 is 0 Å². The van der Waals surface area contributed by atoms with Crippen LogP contribution in [0.15, 0.2) is 36.6 Å². The second-order valence-corrected chi connectivity index (χ2v) is 5.68. The molecule has 2 fully saturated rings. The topological polar surface area (TPSA) is 15.8 Å². The molecule has 0 amide bonds. The van der Waals surface area contributed by atoms with Crippen LogP contribution in [0, 0.1) is 5.92 Å². The van der Waals surface area contributed by atoms with Crippen LogP contribution in [0.1, 0.15) is 19.8 Å². The Labute approximate surface area is 118 Å². The summed E-state index contributed by atoms with van der Waals surface area (Å²) in [4.78, 5) is 2.50. The zero-order valence-corrected chi connectivity index (χ0v) is 12.2. The van der Waals surface area contributed by atoms with Gasteiger partial charge in [-0.3, -0.25) is 0 Å². The van der Waals surface area contributed by atoms with E-state index in [0.717, 1.165) is 19.1 Å². The van der Waals surface area contributed by atoms with E-state index < -0.39 is 0 Å². The average molecular weight is 258 g/mol. The highest BCUT2D eigenvalue weighted by Gasteiger charge is 2.30. The number of hydrogen-bond donors (Lipinski definition) is 0. The summed E-state index contributed by atoms with van der Waals surface area (Å²) in [6.45, 7) is 11.2. The minimum absolute atomic E-state index is 0.445. The number of rotatable bonds is 9. The molecule has 0 aromatic carbocycles. The number of ether oxygens (including phenoxy) is 1. The zero-order valence-electron chi connectivity index (χ0n) is 12.2. The van der Waals surface area contributed by atoms with E-state index in [1.165, 1.54) is 25.1 Å². The normalized spacial score (nSPS) is 24.3. The molecule has 1 saturated carbocycles. The van der Waals surface area contributed by atoms with Gasteiger partial charge in [0, 0.05) is 18.8 Å². The predicted molar refractivity (Wildman–Crippen MR) is 82.5 cm³/mol. The Morgan fingerprint density at radius 2 is 2.21 bits per heavy atom. The molecular formula is C16H25BNO. The van der Waals surface area contributed by atoms with Gasteiger partial charge in [0.25, 0.3) is 0 Å². The van der Waals surface area contributed by atoms with Gasteiger partial charge < -0.3 is 9.64 Å². The minimum Gasteiger partial charge on any atom is -0.371 e. The molecule has 1 aliphatic heterocycles. The van der Waals surface area contributed by atoms with E-state index in [2.05, 4.69) is 44.7 Å². The molecule has 1 saturated heterocycles. The largest absolute Gasteiger partial charge is 0.371 e. The molecule has 103 valence electrons. The van der Waals surface area contributed by atoms with Crippen LogP contribution in [0.4, 0.5) is 0 Å². The van der Waals surface area contributed by atoms with Crippen LogP contribution >= 0.6 is 0 Å². The van der Waals surface area contributed by atoms with Crippen molar-refractivity contribution in [3.63, 3.8) is 0 Å². The quantitative estimate of drug-likeness (QED) is 0.358. The average Bonchev–Trinajstić information content (AvgIpc) is 3.28. The van der Waals surface area contributed by atoms with Gasteiger partial charge in [0.05, 0.1) is 12.7 Å². The summed E-state index contributed by atoms with van der Waals surface area (Å²) in [5, 5.41) is 0. The summed E-state index contributed by atoms with van der Waals surface area (Å²) >= 11 is 0. The van der Waals surface area contributed by atoms with Crippen molar-refractivity contribution in [3.8, 4) is 0 Å². The van der Waals surface area contributed by atoms with Gasteiger partial charge in [-0.05, 0) is 24.8 Å². The zero-order chi connectivity index (χ0) is 13.7. The maximum absolute atomic E-state index is 5.41. The predicted octanol–water partition coefficient (Wildman–Crippen LogP) is 3.28. The van der Waals surface area contributed by atoms with Crippen molar-refractivity contribution < 1.29 is 4.74 Å². The summed E-state index contributed by atoms with van der Waals surface area (Å²) in [7, 11) is 2.23. The number of epoxide rings is 1. The van der Waals surface area contributed by atoms with E-state index in [9.17, 15) is 0 Å². The van der Waals surface area contributed by atoms with Gasteiger partial charge in [-0.1, -0.05) is 44.4 Å². The lowest BCUT2D eigenvalue weighted by molar-refractivity contribution is 0.288. The highest BCUT2D eigenvalue weighted by atomic mass is 16.6. The molecule has 2 unspecified atom stereocenters. The lowest BCUT2D eigenvalue weighted by Crippen LogP contribution is -2.29. The Morgan fingerprint density at radius 1 is 1.47 bits per heavy atom. The lowest BCUT2D eigenvalue weighted by atomic mass is 9.68. The second kappa shape index (κ2) is 7.00. The monoisotopic (exact) mass is 258 g/mol. The summed E-state index contributed by atoms with van der Waals surface area (Å²) < 4.78 is 5.41. The van der Waals surface area contributed by atoms with Crippen molar-refractivity contribution in [3.05, 3.63) is 36.6 Å². The molecule has 2 rings (SSSR count). The van der Waals surface area contributed by atoms with Crippen molar-refractivity contribution in [2.75, 3.05) is 19.7 Å². The SMILES string of the molecule is C=C/C=C\C(=C/C(C)[B]C)N(CC1CC1)CC1CO1. The maximum atomic E-state index is 5.41. The molecule has 2 nitrogen and oxygen atoms in total. The first-order chi connectivity index (χ1) is 9.22. The Bertz CT molecular complexity index is 342. The number of nitrogens with zero attached hydrogens (tertiary/aromatic N) is 1. The molecule has 1 radical (unpaired) electrons. The molecule has 0 N–H and O–H groups in total. The highest BCUT2D eigenvalue weighted by Crippen LogP contribution is 2.32. The summed E-state index contributed by atoms with van der Waals surface area (Å²) in [5.74, 6) is 1.38. The van der Waals surface area contributed by atoms with Gasteiger partial charge in [0.15, 0.2) is 0 Å². The van der Waals surface area contributed by atoms with Crippen molar-refractivity contribution in [2.24, 2.45) is 5.92 Å². The van der Waals surface area contributed by atoms with E-state index in [1.807, 2.05) is 12.2 Å². The first kappa shape index (κ1) is 14.5. The van der Waals surface area contributed by atoms with Gasteiger partial charge in [-0.2, -0.15) is 0 Å². The Hall–Kier alpha value is -0.955. The second-order valence-electron chi connectivity index (χ2n) is 5.68. The third-order valence-corrected chi connectivity index (χ3v) is 3.73. The van der Waals surface area contributed by atoms with Crippen molar-refractivity contribution in [1.29, 1.82) is 0 Å².